The fraction of sp³-hybridized carbons (Fsp3) is 0.500. The minimum Gasteiger partial charge on any atom is -0.381 e. The van der Waals surface area contributed by atoms with Crippen LogP contribution >= 0.6 is 28.3 Å². The van der Waals surface area contributed by atoms with Crippen LogP contribution in [0.5, 0.6) is 0 Å². The van der Waals surface area contributed by atoms with E-state index in [1.807, 2.05) is 25.1 Å². The van der Waals surface area contributed by atoms with E-state index in [9.17, 15) is 4.79 Å². The van der Waals surface area contributed by atoms with Gasteiger partial charge in [0.2, 0.25) is 5.91 Å². The van der Waals surface area contributed by atoms with Crippen molar-refractivity contribution < 1.29 is 9.53 Å². The molecule has 1 unspecified atom stereocenters. The van der Waals surface area contributed by atoms with Gasteiger partial charge in [-0.15, -0.1) is 12.4 Å². The summed E-state index contributed by atoms with van der Waals surface area (Å²) < 4.78 is 6.27. The zero-order valence-electron chi connectivity index (χ0n) is 11.4. The first-order valence-electron chi connectivity index (χ1n) is 6.49. The molecule has 0 aromatic heterocycles. The first kappa shape index (κ1) is 17.4. The summed E-state index contributed by atoms with van der Waals surface area (Å²) in [4.78, 5) is 12.2. The summed E-state index contributed by atoms with van der Waals surface area (Å²) in [5, 5.41) is 2.91. The average molecular weight is 364 g/mol. The van der Waals surface area contributed by atoms with E-state index in [2.05, 4.69) is 21.2 Å². The van der Waals surface area contributed by atoms with Gasteiger partial charge in [0.15, 0.2) is 0 Å². The Hall–Kier alpha value is -0.620. The van der Waals surface area contributed by atoms with Gasteiger partial charge in [0.25, 0.3) is 0 Å². The molecule has 1 aromatic rings. The largest absolute Gasteiger partial charge is 0.381 e. The third-order valence-corrected chi connectivity index (χ3v) is 4.46. The molecule has 1 atom stereocenters. The van der Waals surface area contributed by atoms with Gasteiger partial charge in [0.1, 0.15) is 0 Å². The molecule has 4 nitrogen and oxygen atoms in total. The number of hydrogen-bond acceptors (Lipinski definition) is 3. The zero-order chi connectivity index (χ0) is 13.8. The Labute approximate surface area is 134 Å². The fourth-order valence-electron chi connectivity index (χ4n) is 2.25. The van der Waals surface area contributed by atoms with Gasteiger partial charge < -0.3 is 15.8 Å². The van der Waals surface area contributed by atoms with Crippen molar-refractivity contribution in [1.29, 1.82) is 0 Å². The molecular weight excluding hydrogens is 344 g/mol. The van der Waals surface area contributed by atoms with Crippen molar-refractivity contribution >= 4 is 39.9 Å². The van der Waals surface area contributed by atoms with Gasteiger partial charge in [-0.2, -0.15) is 0 Å². The SMILES string of the molecule is Cc1c(Br)cccc1NC(=O)C(N)C1CCOCC1.Cl. The second kappa shape index (κ2) is 7.98. The lowest BCUT2D eigenvalue weighted by Gasteiger charge is -2.27. The maximum atomic E-state index is 12.2. The van der Waals surface area contributed by atoms with E-state index in [4.69, 9.17) is 10.5 Å². The molecule has 0 bridgehead atoms. The van der Waals surface area contributed by atoms with E-state index >= 15 is 0 Å². The van der Waals surface area contributed by atoms with E-state index in [-0.39, 0.29) is 24.2 Å². The molecule has 0 aliphatic carbocycles. The summed E-state index contributed by atoms with van der Waals surface area (Å²) in [6.07, 6.45) is 1.71. The highest BCUT2D eigenvalue weighted by Crippen LogP contribution is 2.24. The van der Waals surface area contributed by atoms with Crippen molar-refractivity contribution in [3.63, 3.8) is 0 Å². The van der Waals surface area contributed by atoms with Crippen LogP contribution in [0, 0.1) is 12.8 Å². The number of carbonyl (C=O) groups is 1. The molecule has 0 radical (unpaired) electrons. The standard InChI is InChI=1S/C14H19BrN2O2.ClH/c1-9-11(15)3-2-4-12(9)17-14(18)13(16)10-5-7-19-8-6-10;/h2-4,10,13H,5-8,16H2,1H3,(H,17,18);1H. The molecule has 1 amide bonds. The smallest absolute Gasteiger partial charge is 0.241 e. The highest BCUT2D eigenvalue weighted by atomic mass is 79.9. The Bertz CT molecular complexity index is 464. The Kier molecular flexibility index (Phi) is 6.95. The topological polar surface area (TPSA) is 64.4 Å². The number of anilines is 1. The number of halogens is 2. The molecule has 6 heteroatoms. The van der Waals surface area contributed by atoms with Crippen LogP contribution in [-0.4, -0.2) is 25.2 Å². The van der Waals surface area contributed by atoms with Gasteiger partial charge in [0.05, 0.1) is 6.04 Å². The molecule has 1 aromatic carbocycles. The van der Waals surface area contributed by atoms with E-state index in [1.54, 1.807) is 0 Å². The number of nitrogens with one attached hydrogen (secondary N) is 1. The molecule has 20 heavy (non-hydrogen) atoms. The van der Waals surface area contributed by atoms with Crippen LogP contribution in [-0.2, 0) is 9.53 Å². The van der Waals surface area contributed by atoms with Crippen LogP contribution in [0.15, 0.2) is 22.7 Å². The van der Waals surface area contributed by atoms with E-state index in [0.29, 0.717) is 13.2 Å². The van der Waals surface area contributed by atoms with E-state index in [1.165, 1.54) is 0 Å². The van der Waals surface area contributed by atoms with Crippen LogP contribution in [0.2, 0.25) is 0 Å². The lowest BCUT2D eigenvalue weighted by atomic mass is 9.92. The lowest BCUT2D eigenvalue weighted by Crippen LogP contribution is -2.44. The number of benzene rings is 1. The molecule has 0 spiro atoms. The van der Waals surface area contributed by atoms with Crippen molar-refractivity contribution in [2.45, 2.75) is 25.8 Å². The minimum atomic E-state index is -0.470. The Morgan fingerprint density at radius 1 is 1.45 bits per heavy atom. The van der Waals surface area contributed by atoms with Crippen LogP contribution in [0.25, 0.3) is 0 Å². The third kappa shape index (κ3) is 4.19. The molecule has 0 saturated carbocycles. The first-order chi connectivity index (χ1) is 9.09. The van der Waals surface area contributed by atoms with Crippen molar-refractivity contribution in [3.05, 3.63) is 28.2 Å². The van der Waals surface area contributed by atoms with Crippen LogP contribution in [0.4, 0.5) is 5.69 Å². The van der Waals surface area contributed by atoms with Gasteiger partial charge in [0, 0.05) is 23.4 Å². The van der Waals surface area contributed by atoms with Crippen LogP contribution in [0.1, 0.15) is 18.4 Å². The van der Waals surface area contributed by atoms with Gasteiger partial charge in [-0.1, -0.05) is 22.0 Å². The number of rotatable bonds is 3. The van der Waals surface area contributed by atoms with Gasteiger partial charge >= 0.3 is 0 Å². The predicted molar refractivity (Wildman–Crippen MR) is 86.3 cm³/mol. The molecule has 112 valence electrons. The molecule has 1 fully saturated rings. The molecule has 1 aliphatic rings. The Morgan fingerprint density at radius 3 is 2.75 bits per heavy atom. The second-order valence-electron chi connectivity index (χ2n) is 4.88. The Balaban J connectivity index is 0.00000200. The monoisotopic (exact) mass is 362 g/mol. The minimum absolute atomic E-state index is 0. The summed E-state index contributed by atoms with van der Waals surface area (Å²) in [5.74, 6) is 0.0920. The number of carbonyl (C=O) groups excluding carboxylic acids is 1. The summed E-state index contributed by atoms with van der Waals surface area (Å²) in [5.41, 5.74) is 7.87. The number of amides is 1. The van der Waals surface area contributed by atoms with Gasteiger partial charge in [-0.3, -0.25) is 4.79 Å². The predicted octanol–water partition coefficient (Wildman–Crippen LogP) is 2.87. The van der Waals surface area contributed by atoms with Crippen molar-refractivity contribution in [3.8, 4) is 0 Å². The number of nitrogens with two attached hydrogens (primary N) is 1. The van der Waals surface area contributed by atoms with Crippen LogP contribution in [0.3, 0.4) is 0 Å². The second-order valence-corrected chi connectivity index (χ2v) is 5.73. The third-order valence-electron chi connectivity index (χ3n) is 3.60. The van der Waals surface area contributed by atoms with Crippen LogP contribution < -0.4 is 11.1 Å². The maximum absolute atomic E-state index is 12.2. The molecular formula is C14H20BrClN2O2. The summed E-state index contributed by atoms with van der Waals surface area (Å²) >= 11 is 3.45. The maximum Gasteiger partial charge on any atom is 0.241 e. The summed E-state index contributed by atoms with van der Waals surface area (Å²) in [6.45, 7) is 3.35. The number of hydrogen-bond donors (Lipinski definition) is 2. The summed E-state index contributed by atoms with van der Waals surface area (Å²) in [6, 6.07) is 5.26. The normalized spacial score (nSPS) is 17.1. The Morgan fingerprint density at radius 2 is 2.10 bits per heavy atom. The van der Waals surface area contributed by atoms with E-state index in [0.717, 1.165) is 28.6 Å². The molecule has 1 saturated heterocycles. The zero-order valence-corrected chi connectivity index (χ0v) is 13.8. The van der Waals surface area contributed by atoms with Gasteiger partial charge in [-0.25, -0.2) is 0 Å². The fourth-order valence-corrected chi connectivity index (χ4v) is 2.61. The molecule has 2 rings (SSSR count). The first-order valence-corrected chi connectivity index (χ1v) is 7.28. The highest BCUT2D eigenvalue weighted by molar-refractivity contribution is 9.10. The van der Waals surface area contributed by atoms with Crippen molar-refractivity contribution in [2.24, 2.45) is 11.7 Å². The molecule has 1 aliphatic heterocycles. The molecule has 1 heterocycles. The van der Waals surface area contributed by atoms with Gasteiger partial charge in [-0.05, 0) is 43.4 Å². The average Bonchev–Trinajstić information content (AvgIpc) is 2.44. The lowest BCUT2D eigenvalue weighted by molar-refractivity contribution is -0.119. The van der Waals surface area contributed by atoms with Crippen molar-refractivity contribution in [1.82, 2.24) is 0 Å². The highest BCUT2D eigenvalue weighted by Gasteiger charge is 2.26. The number of ether oxygens (including phenoxy) is 1. The quantitative estimate of drug-likeness (QED) is 0.868. The van der Waals surface area contributed by atoms with E-state index < -0.39 is 6.04 Å². The van der Waals surface area contributed by atoms with Crippen molar-refractivity contribution in [2.75, 3.05) is 18.5 Å². The molecule has 3 N–H and O–H groups in total. The summed E-state index contributed by atoms with van der Waals surface area (Å²) in [7, 11) is 0.